The van der Waals surface area contributed by atoms with E-state index in [1.165, 1.54) is 4.57 Å². The Morgan fingerprint density at radius 2 is 1.74 bits per heavy atom. The number of nitrogens with one attached hydrogen (secondary N) is 1. The molecule has 0 radical (unpaired) electrons. The molecule has 3 aromatic carbocycles. The van der Waals surface area contributed by atoms with Crippen LogP contribution in [0.15, 0.2) is 70.6 Å². The molecular weight excluding hydrogens is 472 g/mol. The van der Waals surface area contributed by atoms with E-state index >= 15 is 0 Å². The first-order chi connectivity index (χ1) is 16.8. The molecule has 5 aromatic rings. The average molecular weight is 492 g/mol. The fourth-order valence-corrected chi connectivity index (χ4v) is 4.64. The maximum Gasteiger partial charge on any atom is 0.267 e. The van der Waals surface area contributed by atoms with Gasteiger partial charge in [-0.2, -0.15) is 0 Å². The highest BCUT2D eigenvalue weighted by molar-refractivity contribution is 7.99. The van der Waals surface area contributed by atoms with Crippen LogP contribution in [0.5, 0.6) is 0 Å². The van der Waals surface area contributed by atoms with Crippen LogP contribution in [-0.2, 0) is 4.79 Å². The van der Waals surface area contributed by atoms with Gasteiger partial charge in [0.1, 0.15) is 11.6 Å². The average Bonchev–Trinajstić information content (AvgIpc) is 3.23. The number of aryl methyl sites for hydroxylation is 2. The molecule has 0 saturated carbocycles. The van der Waals surface area contributed by atoms with Crippen molar-refractivity contribution in [3.63, 3.8) is 0 Å². The topological polar surface area (TPSA) is 81.3 Å². The van der Waals surface area contributed by atoms with Crippen molar-refractivity contribution in [3.8, 4) is 5.69 Å². The van der Waals surface area contributed by atoms with Crippen molar-refractivity contribution < 1.29 is 13.6 Å². The molecule has 35 heavy (non-hydrogen) atoms. The molecular formula is C25H19F2N5O2S. The minimum atomic E-state index is -0.785. The number of thioether (sulfide) groups is 1. The summed E-state index contributed by atoms with van der Waals surface area (Å²) in [5.74, 6) is -1.81. The maximum absolute atomic E-state index is 13.5. The molecule has 1 amide bonds. The number of hydrogen-bond donors (Lipinski definition) is 1. The Morgan fingerprint density at radius 3 is 2.51 bits per heavy atom. The fraction of sp³-hybridized carbons (Fsp3) is 0.120. The summed E-state index contributed by atoms with van der Waals surface area (Å²) >= 11 is 1.10. The van der Waals surface area contributed by atoms with Gasteiger partial charge < -0.3 is 5.32 Å². The van der Waals surface area contributed by atoms with Gasteiger partial charge in [-0.25, -0.2) is 13.3 Å². The van der Waals surface area contributed by atoms with Gasteiger partial charge in [0.15, 0.2) is 5.16 Å². The zero-order valence-electron chi connectivity index (χ0n) is 18.8. The lowest BCUT2D eigenvalue weighted by Crippen LogP contribution is -2.22. The number of hydrogen-bond acceptors (Lipinski definition) is 5. The normalized spacial score (nSPS) is 11.3. The number of carbonyl (C=O) groups excluding carboxylic acids is 1. The first-order valence-electron chi connectivity index (χ1n) is 10.7. The van der Waals surface area contributed by atoms with E-state index in [1.54, 1.807) is 22.6 Å². The molecule has 0 aliphatic carbocycles. The molecule has 7 nitrogen and oxygen atoms in total. The molecule has 2 aromatic heterocycles. The van der Waals surface area contributed by atoms with Crippen molar-refractivity contribution in [3.05, 3.63) is 93.8 Å². The standard InChI is InChI=1S/C25H19F2N5O2S/c1-14-7-8-15(2)21(9-14)31-23(34)19-5-3-4-6-20(19)32-24(31)29-30-25(32)35-13-22(33)28-18-11-16(26)10-17(27)12-18/h3-12H,13H2,1-2H3,(H,28,33). The van der Waals surface area contributed by atoms with Gasteiger partial charge >= 0.3 is 0 Å². The van der Waals surface area contributed by atoms with Crippen molar-refractivity contribution in [2.45, 2.75) is 19.0 Å². The van der Waals surface area contributed by atoms with Crippen molar-refractivity contribution in [2.24, 2.45) is 0 Å². The molecule has 0 bridgehead atoms. The molecule has 0 spiro atoms. The predicted octanol–water partition coefficient (Wildman–Crippen LogP) is 4.66. The second kappa shape index (κ2) is 8.95. The van der Waals surface area contributed by atoms with E-state index in [-0.39, 0.29) is 17.0 Å². The molecule has 176 valence electrons. The summed E-state index contributed by atoms with van der Waals surface area (Å²) in [6.45, 7) is 3.86. The Labute approximate surface area is 202 Å². The molecule has 0 saturated heterocycles. The highest BCUT2D eigenvalue weighted by atomic mass is 32.2. The van der Waals surface area contributed by atoms with Gasteiger partial charge in [-0.1, -0.05) is 36.0 Å². The van der Waals surface area contributed by atoms with E-state index in [1.807, 2.05) is 38.1 Å². The first-order valence-corrected chi connectivity index (χ1v) is 11.7. The smallest absolute Gasteiger partial charge is 0.267 e. The van der Waals surface area contributed by atoms with Crippen LogP contribution in [0.2, 0.25) is 0 Å². The van der Waals surface area contributed by atoms with Crippen LogP contribution in [0.1, 0.15) is 11.1 Å². The monoisotopic (exact) mass is 491 g/mol. The Kier molecular flexibility index (Phi) is 5.81. The first kappa shape index (κ1) is 22.7. The van der Waals surface area contributed by atoms with Gasteiger partial charge in [0.05, 0.1) is 22.3 Å². The quantitative estimate of drug-likeness (QED) is 0.362. The van der Waals surface area contributed by atoms with E-state index in [2.05, 4.69) is 15.5 Å². The summed E-state index contributed by atoms with van der Waals surface area (Å²) in [7, 11) is 0. The minimum absolute atomic E-state index is 0.0217. The van der Waals surface area contributed by atoms with Crippen LogP contribution in [0.25, 0.3) is 22.4 Å². The summed E-state index contributed by atoms with van der Waals surface area (Å²) < 4.78 is 30.1. The summed E-state index contributed by atoms with van der Waals surface area (Å²) in [5.41, 5.74) is 2.98. The van der Waals surface area contributed by atoms with Gasteiger partial charge in [0.25, 0.3) is 5.56 Å². The Morgan fingerprint density at radius 1 is 1.00 bits per heavy atom. The number of para-hydroxylation sites is 1. The second-order valence-electron chi connectivity index (χ2n) is 8.06. The van der Waals surface area contributed by atoms with Crippen LogP contribution >= 0.6 is 11.8 Å². The largest absolute Gasteiger partial charge is 0.325 e. The third-order valence-electron chi connectivity index (χ3n) is 5.48. The van der Waals surface area contributed by atoms with Gasteiger partial charge in [-0.15, -0.1) is 10.2 Å². The molecule has 5 rings (SSSR count). The van der Waals surface area contributed by atoms with Crippen molar-refractivity contribution in [1.29, 1.82) is 0 Å². The number of anilines is 1. The molecule has 0 aliphatic heterocycles. The Hall–Kier alpha value is -4.05. The number of rotatable bonds is 5. The zero-order valence-corrected chi connectivity index (χ0v) is 19.6. The van der Waals surface area contributed by atoms with Gasteiger partial charge in [0.2, 0.25) is 11.7 Å². The lowest BCUT2D eigenvalue weighted by molar-refractivity contribution is -0.113. The minimum Gasteiger partial charge on any atom is -0.325 e. The van der Waals surface area contributed by atoms with E-state index in [0.717, 1.165) is 41.1 Å². The highest BCUT2D eigenvalue weighted by Crippen LogP contribution is 2.25. The Bertz CT molecular complexity index is 1660. The Balaban J connectivity index is 1.56. The third-order valence-corrected chi connectivity index (χ3v) is 6.41. The van der Waals surface area contributed by atoms with Crippen LogP contribution in [0.4, 0.5) is 14.5 Å². The zero-order chi connectivity index (χ0) is 24.7. The maximum atomic E-state index is 13.5. The third kappa shape index (κ3) is 4.28. The van der Waals surface area contributed by atoms with Crippen molar-refractivity contribution in [2.75, 3.05) is 11.1 Å². The van der Waals surface area contributed by atoms with Crippen LogP contribution in [0.3, 0.4) is 0 Å². The lowest BCUT2D eigenvalue weighted by atomic mass is 10.1. The number of amides is 1. The summed E-state index contributed by atoms with van der Waals surface area (Å²) in [6.07, 6.45) is 0. The molecule has 1 N–H and O–H groups in total. The number of benzene rings is 3. The molecule has 0 unspecified atom stereocenters. The molecule has 2 heterocycles. The number of halogens is 2. The summed E-state index contributed by atoms with van der Waals surface area (Å²) in [5, 5.41) is 11.9. The van der Waals surface area contributed by atoms with Gasteiger partial charge in [0, 0.05) is 11.8 Å². The van der Waals surface area contributed by atoms with Crippen LogP contribution in [-0.4, -0.2) is 30.8 Å². The second-order valence-corrected chi connectivity index (χ2v) is 9.00. The number of carbonyl (C=O) groups is 1. The summed E-state index contributed by atoms with van der Waals surface area (Å²) in [4.78, 5) is 26.0. The lowest BCUT2D eigenvalue weighted by Gasteiger charge is -2.14. The van der Waals surface area contributed by atoms with E-state index in [9.17, 15) is 18.4 Å². The van der Waals surface area contributed by atoms with Crippen LogP contribution < -0.4 is 10.9 Å². The summed E-state index contributed by atoms with van der Waals surface area (Å²) in [6, 6.07) is 15.7. The number of aromatic nitrogens is 4. The molecule has 0 aliphatic rings. The van der Waals surface area contributed by atoms with Crippen molar-refractivity contribution in [1.82, 2.24) is 19.2 Å². The molecule has 0 fully saturated rings. The van der Waals surface area contributed by atoms with E-state index in [4.69, 9.17) is 0 Å². The SMILES string of the molecule is Cc1ccc(C)c(-n2c(=O)c3ccccc3n3c(SCC(=O)Nc4cc(F)cc(F)c4)nnc23)c1. The predicted molar refractivity (Wildman–Crippen MR) is 131 cm³/mol. The number of fused-ring (bicyclic) bond motifs is 3. The number of nitrogens with zero attached hydrogens (tertiary/aromatic N) is 4. The van der Waals surface area contributed by atoms with Crippen LogP contribution in [0, 0.1) is 25.5 Å². The fourth-order valence-electron chi connectivity index (χ4n) is 3.90. The van der Waals surface area contributed by atoms with Gasteiger partial charge in [-0.3, -0.25) is 14.0 Å². The molecule has 0 atom stereocenters. The molecule has 10 heteroatoms. The highest BCUT2D eigenvalue weighted by Gasteiger charge is 2.19. The van der Waals surface area contributed by atoms with E-state index < -0.39 is 17.5 Å². The van der Waals surface area contributed by atoms with E-state index in [0.29, 0.717) is 27.5 Å². The van der Waals surface area contributed by atoms with Crippen molar-refractivity contribution >= 4 is 40.0 Å². The van der Waals surface area contributed by atoms with Gasteiger partial charge in [-0.05, 0) is 55.3 Å².